The molecule has 1 aliphatic carbocycles. The lowest BCUT2D eigenvalue weighted by molar-refractivity contribution is 0.0993. The van der Waals surface area contributed by atoms with Crippen molar-refractivity contribution in [1.82, 2.24) is 4.90 Å². The molecule has 0 aromatic heterocycles. The van der Waals surface area contributed by atoms with Gasteiger partial charge in [0.15, 0.2) is 5.78 Å². The molecule has 3 aromatic rings. The number of carbonyl (C=O) groups excluding carboxylic acids is 1. The van der Waals surface area contributed by atoms with Crippen molar-refractivity contribution < 1.29 is 4.79 Å². The van der Waals surface area contributed by atoms with Gasteiger partial charge in [0.2, 0.25) is 0 Å². The Balaban J connectivity index is 1.14. The summed E-state index contributed by atoms with van der Waals surface area (Å²) in [6.07, 6.45) is 3.50. The molecule has 34 heavy (non-hydrogen) atoms. The fourth-order valence-corrected chi connectivity index (χ4v) is 5.15. The largest absolute Gasteiger partial charge is 0.369 e. The number of likely N-dealkylation sites (N-methyl/N-ethyl adjacent to an activating group) is 1. The normalized spacial score (nSPS) is 22.5. The molecule has 0 unspecified atom stereocenters. The molecule has 5 rings (SSSR count). The highest BCUT2D eigenvalue weighted by atomic mass is 16.1. The second-order valence-corrected chi connectivity index (χ2v) is 10.2. The SMILES string of the molecule is CN1CCN(c2ccc(C(=O)Cc3ccc([C@@H]4C[C@]4(N)CCc4ccccc4)cc3)cc2)CC1. The molecular formula is C30H35N3O. The Morgan fingerprint density at radius 1 is 0.882 bits per heavy atom. The van der Waals surface area contributed by atoms with Gasteiger partial charge in [-0.2, -0.15) is 0 Å². The molecule has 1 saturated heterocycles. The molecule has 1 saturated carbocycles. The van der Waals surface area contributed by atoms with Gasteiger partial charge in [-0.1, -0.05) is 54.6 Å². The van der Waals surface area contributed by atoms with E-state index in [0.29, 0.717) is 12.3 Å². The summed E-state index contributed by atoms with van der Waals surface area (Å²) in [5, 5.41) is 0. The van der Waals surface area contributed by atoms with Gasteiger partial charge in [-0.05, 0) is 67.3 Å². The first-order valence-electron chi connectivity index (χ1n) is 12.5. The lowest BCUT2D eigenvalue weighted by Gasteiger charge is -2.34. The molecule has 0 amide bonds. The lowest BCUT2D eigenvalue weighted by atomic mass is 9.97. The molecule has 1 heterocycles. The number of piperazine rings is 1. The minimum atomic E-state index is -0.0985. The number of aryl methyl sites for hydroxylation is 1. The summed E-state index contributed by atoms with van der Waals surface area (Å²) in [5.41, 5.74) is 12.3. The summed E-state index contributed by atoms with van der Waals surface area (Å²) >= 11 is 0. The summed E-state index contributed by atoms with van der Waals surface area (Å²) < 4.78 is 0. The van der Waals surface area contributed by atoms with Gasteiger partial charge in [-0.3, -0.25) is 4.79 Å². The van der Waals surface area contributed by atoms with Gasteiger partial charge >= 0.3 is 0 Å². The summed E-state index contributed by atoms with van der Waals surface area (Å²) in [5.74, 6) is 0.586. The average molecular weight is 454 g/mol. The number of nitrogens with two attached hydrogens (primary N) is 1. The van der Waals surface area contributed by atoms with Gasteiger partial charge < -0.3 is 15.5 Å². The second kappa shape index (κ2) is 9.73. The number of anilines is 1. The van der Waals surface area contributed by atoms with E-state index in [-0.39, 0.29) is 11.3 Å². The van der Waals surface area contributed by atoms with Crippen LogP contribution in [-0.2, 0) is 12.8 Å². The Morgan fingerprint density at radius 2 is 1.56 bits per heavy atom. The van der Waals surface area contributed by atoms with E-state index in [1.165, 1.54) is 16.8 Å². The van der Waals surface area contributed by atoms with Crippen LogP contribution in [0.3, 0.4) is 0 Å². The van der Waals surface area contributed by atoms with Gasteiger partial charge in [0.05, 0.1) is 0 Å². The zero-order valence-electron chi connectivity index (χ0n) is 20.1. The number of hydrogen-bond acceptors (Lipinski definition) is 4. The van der Waals surface area contributed by atoms with Crippen LogP contribution in [-0.4, -0.2) is 49.4 Å². The fourth-order valence-electron chi connectivity index (χ4n) is 5.15. The molecular weight excluding hydrogens is 418 g/mol. The average Bonchev–Trinajstić information content (AvgIpc) is 3.56. The minimum absolute atomic E-state index is 0.0985. The third-order valence-electron chi connectivity index (χ3n) is 7.64. The Morgan fingerprint density at radius 3 is 2.24 bits per heavy atom. The molecule has 176 valence electrons. The Kier molecular flexibility index (Phi) is 6.53. The Hall–Kier alpha value is -2.95. The van der Waals surface area contributed by atoms with Crippen LogP contribution in [0.2, 0.25) is 0 Å². The van der Waals surface area contributed by atoms with Crippen LogP contribution in [0.25, 0.3) is 0 Å². The van der Waals surface area contributed by atoms with E-state index in [9.17, 15) is 4.79 Å². The molecule has 4 heteroatoms. The van der Waals surface area contributed by atoms with Gasteiger partial charge in [0.25, 0.3) is 0 Å². The summed E-state index contributed by atoms with van der Waals surface area (Å²) in [6.45, 7) is 4.23. The summed E-state index contributed by atoms with van der Waals surface area (Å²) in [6, 6.07) is 27.2. The number of ketones is 1. The van der Waals surface area contributed by atoms with Gasteiger partial charge in [-0.25, -0.2) is 0 Å². The highest BCUT2D eigenvalue weighted by molar-refractivity contribution is 5.97. The van der Waals surface area contributed by atoms with Gasteiger partial charge in [0, 0.05) is 55.3 Å². The second-order valence-electron chi connectivity index (χ2n) is 10.2. The number of Topliss-reactive ketones (excluding diaryl/α,β-unsaturated/α-hetero) is 1. The van der Waals surface area contributed by atoms with E-state index in [0.717, 1.165) is 56.6 Å². The van der Waals surface area contributed by atoms with Crippen molar-refractivity contribution >= 4 is 11.5 Å². The first kappa shape index (κ1) is 22.8. The number of hydrogen-bond donors (Lipinski definition) is 1. The predicted molar refractivity (Wildman–Crippen MR) is 140 cm³/mol. The van der Waals surface area contributed by atoms with E-state index >= 15 is 0 Å². The maximum Gasteiger partial charge on any atom is 0.167 e. The number of carbonyl (C=O) groups is 1. The molecule has 3 aromatic carbocycles. The first-order chi connectivity index (χ1) is 16.5. The van der Waals surface area contributed by atoms with E-state index < -0.39 is 0 Å². The van der Waals surface area contributed by atoms with Crippen LogP contribution in [0.4, 0.5) is 5.69 Å². The first-order valence-corrected chi connectivity index (χ1v) is 12.5. The standard InChI is InChI=1S/C30H35N3O/c1-32-17-19-33(20-18-32)27-13-11-26(12-14-27)29(34)21-24-7-9-25(10-8-24)28-22-30(28,31)16-15-23-5-3-2-4-6-23/h2-14,28H,15-22,31H2,1H3/t28-,30+/m0/s1. The molecule has 2 atom stereocenters. The minimum Gasteiger partial charge on any atom is -0.369 e. The van der Waals surface area contributed by atoms with Gasteiger partial charge in [-0.15, -0.1) is 0 Å². The molecule has 4 nitrogen and oxygen atoms in total. The number of benzene rings is 3. The maximum absolute atomic E-state index is 12.9. The van der Waals surface area contributed by atoms with Gasteiger partial charge in [0.1, 0.15) is 0 Å². The van der Waals surface area contributed by atoms with Crippen LogP contribution >= 0.6 is 0 Å². The highest BCUT2D eigenvalue weighted by Gasteiger charge is 2.50. The third-order valence-corrected chi connectivity index (χ3v) is 7.64. The molecule has 0 radical (unpaired) electrons. The van der Waals surface area contributed by atoms with Crippen molar-refractivity contribution in [3.8, 4) is 0 Å². The number of nitrogens with zero attached hydrogens (tertiary/aromatic N) is 2. The molecule has 0 spiro atoms. The number of rotatable bonds is 8. The van der Waals surface area contributed by atoms with Crippen LogP contribution in [0, 0.1) is 0 Å². The topological polar surface area (TPSA) is 49.6 Å². The molecule has 2 aliphatic rings. The zero-order chi connectivity index (χ0) is 23.5. The Labute approximate surface area is 203 Å². The van der Waals surface area contributed by atoms with Crippen molar-refractivity contribution in [2.24, 2.45) is 5.73 Å². The lowest BCUT2D eigenvalue weighted by Crippen LogP contribution is -2.44. The predicted octanol–water partition coefficient (Wildman–Crippen LogP) is 4.68. The van der Waals surface area contributed by atoms with E-state index in [2.05, 4.69) is 83.6 Å². The third kappa shape index (κ3) is 5.24. The highest BCUT2D eigenvalue weighted by Crippen LogP contribution is 2.52. The van der Waals surface area contributed by atoms with Crippen LogP contribution < -0.4 is 10.6 Å². The van der Waals surface area contributed by atoms with Crippen molar-refractivity contribution in [2.45, 2.75) is 37.1 Å². The monoisotopic (exact) mass is 453 g/mol. The van der Waals surface area contributed by atoms with Crippen molar-refractivity contribution in [2.75, 3.05) is 38.1 Å². The molecule has 2 N–H and O–H groups in total. The summed E-state index contributed by atoms with van der Waals surface area (Å²) in [7, 11) is 2.16. The zero-order valence-corrected chi connectivity index (χ0v) is 20.1. The van der Waals surface area contributed by atoms with E-state index in [1.807, 2.05) is 12.1 Å². The van der Waals surface area contributed by atoms with Crippen LogP contribution in [0.15, 0.2) is 78.9 Å². The molecule has 2 fully saturated rings. The van der Waals surface area contributed by atoms with Crippen LogP contribution in [0.1, 0.15) is 45.8 Å². The quantitative estimate of drug-likeness (QED) is 0.503. The van der Waals surface area contributed by atoms with Crippen molar-refractivity contribution in [1.29, 1.82) is 0 Å². The van der Waals surface area contributed by atoms with Crippen LogP contribution in [0.5, 0.6) is 0 Å². The smallest absolute Gasteiger partial charge is 0.167 e. The maximum atomic E-state index is 12.9. The molecule has 1 aliphatic heterocycles. The van der Waals surface area contributed by atoms with E-state index in [1.54, 1.807) is 0 Å². The molecule has 0 bridgehead atoms. The van der Waals surface area contributed by atoms with E-state index in [4.69, 9.17) is 5.73 Å². The van der Waals surface area contributed by atoms with Crippen molar-refractivity contribution in [3.05, 3.63) is 101 Å². The summed E-state index contributed by atoms with van der Waals surface area (Å²) in [4.78, 5) is 17.6. The Bertz CT molecular complexity index is 1100. The fraction of sp³-hybridized carbons (Fsp3) is 0.367. The van der Waals surface area contributed by atoms with Crippen molar-refractivity contribution in [3.63, 3.8) is 0 Å².